The average molecular weight is 274 g/mol. The number of nitrogen functional groups attached to an aromatic ring is 1. The summed E-state index contributed by atoms with van der Waals surface area (Å²) < 4.78 is 1.68. The molecule has 0 spiro atoms. The molecule has 0 aliphatic rings. The van der Waals surface area contributed by atoms with Crippen molar-refractivity contribution in [1.82, 2.24) is 19.6 Å². The Morgan fingerprint density at radius 3 is 2.84 bits per heavy atom. The Hall–Kier alpha value is -2.14. The zero-order valence-electron chi connectivity index (χ0n) is 10.3. The zero-order valence-corrected chi connectivity index (χ0v) is 11.1. The van der Waals surface area contributed by atoms with Crippen molar-refractivity contribution in [3.63, 3.8) is 0 Å². The van der Waals surface area contributed by atoms with E-state index in [1.165, 1.54) is 6.33 Å². The summed E-state index contributed by atoms with van der Waals surface area (Å²) in [6, 6.07) is 7.41. The van der Waals surface area contributed by atoms with Crippen LogP contribution in [-0.2, 0) is 6.42 Å². The maximum absolute atomic E-state index is 6.06. The van der Waals surface area contributed by atoms with Crippen LogP contribution in [0.25, 0.3) is 17.0 Å². The molecule has 1 aromatic carbocycles. The number of hydrogen-bond acceptors (Lipinski definition) is 4. The third-order valence-electron chi connectivity index (χ3n) is 2.88. The summed E-state index contributed by atoms with van der Waals surface area (Å²) >= 11 is 6.06. The molecular weight excluding hydrogens is 262 g/mol. The van der Waals surface area contributed by atoms with Gasteiger partial charge >= 0.3 is 0 Å². The molecule has 0 radical (unpaired) electrons. The first-order chi connectivity index (χ1) is 9.17. The van der Waals surface area contributed by atoms with E-state index in [0.717, 1.165) is 23.4 Å². The maximum Gasteiger partial charge on any atom is 0.252 e. The fourth-order valence-electron chi connectivity index (χ4n) is 2.01. The molecular formula is C13H12ClN5. The molecule has 0 fully saturated rings. The van der Waals surface area contributed by atoms with Gasteiger partial charge in [0.2, 0.25) is 0 Å². The molecule has 3 aromatic rings. The van der Waals surface area contributed by atoms with Crippen LogP contribution < -0.4 is 5.73 Å². The van der Waals surface area contributed by atoms with Crippen LogP contribution in [0.15, 0.2) is 30.6 Å². The van der Waals surface area contributed by atoms with Gasteiger partial charge in [0, 0.05) is 22.0 Å². The largest absolute Gasteiger partial charge is 0.399 e. The van der Waals surface area contributed by atoms with Crippen LogP contribution in [0.1, 0.15) is 12.6 Å². The number of anilines is 1. The van der Waals surface area contributed by atoms with Crippen molar-refractivity contribution in [2.24, 2.45) is 0 Å². The van der Waals surface area contributed by atoms with Gasteiger partial charge in [-0.25, -0.2) is 4.98 Å². The first-order valence-corrected chi connectivity index (χ1v) is 6.31. The average Bonchev–Trinajstić information content (AvgIpc) is 2.84. The fraction of sp³-hybridized carbons (Fsp3) is 0.154. The first-order valence-electron chi connectivity index (χ1n) is 5.93. The van der Waals surface area contributed by atoms with Crippen molar-refractivity contribution < 1.29 is 0 Å². The Labute approximate surface area is 115 Å². The summed E-state index contributed by atoms with van der Waals surface area (Å²) in [5.41, 5.74) is 9.19. The second-order valence-electron chi connectivity index (χ2n) is 4.23. The predicted molar refractivity (Wildman–Crippen MR) is 75.0 cm³/mol. The Kier molecular flexibility index (Phi) is 2.83. The fourth-order valence-corrected chi connectivity index (χ4v) is 2.25. The van der Waals surface area contributed by atoms with Gasteiger partial charge in [0.05, 0.1) is 5.69 Å². The van der Waals surface area contributed by atoms with Crippen LogP contribution in [0.2, 0.25) is 5.02 Å². The number of nitrogens with zero attached hydrogens (tertiary/aromatic N) is 4. The smallest absolute Gasteiger partial charge is 0.252 e. The molecule has 0 amide bonds. The molecule has 0 aliphatic carbocycles. The van der Waals surface area contributed by atoms with Crippen LogP contribution in [0.3, 0.4) is 0 Å². The highest BCUT2D eigenvalue weighted by molar-refractivity contribution is 6.31. The topological polar surface area (TPSA) is 69.1 Å². The third kappa shape index (κ3) is 2.13. The van der Waals surface area contributed by atoms with Gasteiger partial charge in [-0.15, -0.1) is 0 Å². The lowest BCUT2D eigenvalue weighted by atomic mass is 10.1. The standard InChI is InChI=1S/C13H12ClN5/c1-2-11-6-12(19-13(18-11)16-7-17-19)8-3-9(14)5-10(15)4-8/h3-7H,2,15H2,1H3. The number of halogens is 1. The normalized spacial score (nSPS) is 11.1. The van der Waals surface area contributed by atoms with Gasteiger partial charge in [-0.2, -0.15) is 14.6 Å². The Morgan fingerprint density at radius 2 is 2.11 bits per heavy atom. The summed E-state index contributed by atoms with van der Waals surface area (Å²) in [4.78, 5) is 8.54. The summed E-state index contributed by atoms with van der Waals surface area (Å²) in [5.74, 6) is 0.577. The Balaban J connectivity index is 2.31. The van der Waals surface area contributed by atoms with E-state index in [1.54, 1.807) is 10.6 Å². The highest BCUT2D eigenvalue weighted by Gasteiger charge is 2.10. The maximum atomic E-state index is 6.06. The van der Waals surface area contributed by atoms with Gasteiger partial charge in [-0.1, -0.05) is 18.5 Å². The van der Waals surface area contributed by atoms with E-state index in [9.17, 15) is 0 Å². The van der Waals surface area contributed by atoms with Gasteiger partial charge in [-0.3, -0.25) is 0 Å². The van der Waals surface area contributed by atoms with E-state index in [0.29, 0.717) is 16.5 Å². The summed E-state index contributed by atoms with van der Waals surface area (Å²) in [7, 11) is 0. The minimum Gasteiger partial charge on any atom is -0.399 e. The molecule has 2 N–H and O–H groups in total. The number of aromatic nitrogens is 4. The van der Waals surface area contributed by atoms with Gasteiger partial charge < -0.3 is 5.73 Å². The molecule has 3 rings (SSSR count). The van der Waals surface area contributed by atoms with Crippen molar-refractivity contribution in [1.29, 1.82) is 0 Å². The molecule has 2 heterocycles. The Morgan fingerprint density at radius 1 is 1.26 bits per heavy atom. The van der Waals surface area contributed by atoms with E-state index in [1.807, 2.05) is 25.1 Å². The summed E-state index contributed by atoms with van der Waals surface area (Å²) in [5, 5.41) is 4.78. The van der Waals surface area contributed by atoms with E-state index >= 15 is 0 Å². The third-order valence-corrected chi connectivity index (χ3v) is 3.10. The molecule has 0 atom stereocenters. The predicted octanol–water partition coefficient (Wildman–Crippen LogP) is 2.59. The number of fused-ring (bicyclic) bond motifs is 1. The van der Waals surface area contributed by atoms with Crippen molar-refractivity contribution >= 4 is 23.1 Å². The van der Waals surface area contributed by atoms with Crippen molar-refractivity contribution in [3.05, 3.63) is 41.3 Å². The monoisotopic (exact) mass is 273 g/mol. The molecule has 0 saturated carbocycles. The van der Waals surface area contributed by atoms with Gasteiger partial charge in [0.25, 0.3) is 5.78 Å². The molecule has 0 bridgehead atoms. The van der Waals surface area contributed by atoms with Gasteiger partial charge in [0.15, 0.2) is 0 Å². The van der Waals surface area contributed by atoms with E-state index in [-0.39, 0.29) is 0 Å². The van der Waals surface area contributed by atoms with E-state index in [2.05, 4.69) is 15.1 Å². The van der Waals surface area contributed by atoms with Crippen molar-refractivity contribution in [3.8, 4) is 11.3 Å². The van der Waals surface area contributed by atoms with Crippen LogP contribution in [0.5, 0.6) is 0 Å². The van der Waals surface area contributed by atoms with Gasteiger partial charge in [-0.05, 0) is 30.7 Å². The zero-order chi connectivity index (χ0) is 13.4. The van der Waals surface area contributed by atoms with Crippen molar-refractivity contribution in [2.75, 3.05) is 5.73 Å². The lowest BCUT2D eigenvalue weighted by Gasteiger charge is -2.08. The molecule has 0 unspecified atom stereocenters. The second kappa shape index (κ2) is 4.51. The molecule has 0 aliphatic heterocycles. The first kappa shape index (κ1) is 11.9. The molecule has 5 nitrogen and oxygen atoms in total. The van der Waals surface area contributed by atoms with E-state index < -0.39 is 0 Å². The molecule has 19 heavy (non-hydrogen) atoms. The minimum absolute atomic E-state index is 0.577. The quantitative estimate of drug-likeness (QED) is 0.729. The second-order valence-corrected chi connectivity index (χ2v) is 4.67. The highest BCUT2D eigenvalue weighted by atomic mass is 35.5. The van der Waals surface area contributed by atoms with Crippen LogP contribution in [-0.4, -0.2) is 19.6 Å². The molecule has 0 saturated heterocycles. The number of benzene rings is 1. The van der Waals surface area contributed by atoms with E-state index in [4.69, 9.17) is 17.3 Å². The summed E-state index contributed by atoms with van der Waals surface area (Å²) in [6.07, 6.45) is 2.31. The van der Waals surface area contributed by atoms with Crippen LogP contribution in [0, 0.1) is 0 Å². The SMILES string of the molecule is CCc1cc(-c2cc(N)cc(Cl)c2)n2ncnc2n1. The van der Waals surface area contributed by atoms with Crippen LogP contribution in [0.4, 0.5) is 5.69 Å². The molecule has 6 heteroatoms. The summed E-state index contributed by atoms with van der Waals surface area (Å²) in [6.45, 7) is 2.05. The highest BCUT2D eigenvalue weighted by Crippen LogP contribution is 2.26. The number of aryl methyl sites for hydroxylation is 1. The van der Waals surface area contributed by atoms with Gasteiger partial charge in [0.1, 0.15) is 6.33 Å². The lowest BCUT2D eigenvalue weighted by molar-refractivity contribution is 0.919. The molecule has 2 aromatic heterocycles. The number of hydrogen-bond donors (Lipinski definition) is 1. The number of rotatable bonds is 2. The Bertz CT molecular complexity index is 730. The van der Waals surface area contributed by atoms with Crippen molar-refractivity contribution in [2.45, 2.75) is 13.3 Å². The number of nitrogens with two attached hydrogens (primary N) is 1. The lowest BCUT2D eigenvalue weighted by Crippen LogP contribution is -2.00. The molecule has 96 valence electrons. The van der Waals surface area contributed by atoms with Crippen LogP contribution >= 0.6 is 11.6 Å². The minimum atomic E-state index is 0.577.